The van der Waals surface area contributed by atoms with Gasteiger partial charge in [-0.2, -0.15) is 0 Å². The van der Waals surface area contributed by atoms with Crippen LogP contribution in [0.25, 0.3) is 22.3 Å². The number of carbonyl (C=O) groups is 1. The number of rotatable bonds is 10. The van der Waals surface area contributed by atoms with Crippen LogP contribution in [0.2, 0.25) is 18.1 Å². The van der Waals surface area contributed by atoms with E-state index in [2.05, 4.69) is 49.1 Å². The highest BCUT2D eigenvalue weighted by Gasteiger charge is 2.40. The Kier molecular flexibility index (Phi) is 7.89. The van der Waals surface area contributed by atoms with Gasteiger partial charge in [-0.1, -0.05) is 51.1 Å². The lowest BCUT2D eigenvalue weighted by Crippen LogP contribution is -2.51. The van der Waals surface area contributed by atoms with Gasteiger partial charge in [-0.05, 0) is 49.3 Å². The number of hydrogen-bond donors (Lipinski definition) is 2. The minimum Gasteiger partial charge on any atom is -0.493 e. The van der Waals surface area contributed by atoms with Crippen LogP contribution in [0.5, 0.6) is 5.75 Å². The zero-order chi connectivity index (χ0) is 26.6. The molecule has 1 amide bonds. The van der Waals surface area contributed by atoms with E-state index < -0.39 is 8.32 Å². The zero-order valence-corrected chi connectivity index (χ0v) is 23.5. The van der Waals surface area contributed by atoms with E-state index in [4.69, 9.17) is 13.6 Å². The summed E-state index contributed by atoms with van der Waals surface area (Å²) in [7, 11) is -2.03. The van der Waals surface area contributed by atoms with Crippen LogP contribution < -0.4 is 10.1 Å². The van der Waals surface area contributed by atoms with Gasteiger partial charge in [-0.3, -0.25) is 4.79 Å². The number of fused-ring (bicyclic) bond motifs is 1. The summed E-state index contributed by atoms with van der Waals surface area (Å²) >= 11 is 0. The molecule has 2 N–H and O–H groups in total. The van der Waals surface area contributed by atoms with E-state index in [1.807, 2.05) is 61.5 Å². The first-order valence-electron chi connectivity index (χ1n) is 12.7. The number of aromatic nitrogens is 2. The molecule has 0 unspecified atom stereocenters. The first-order valence-corrected chi connectivity index (χ1v) is 15.6. The van der Waals surface area contributed by atoms with Crippen molar-refractivity contribution in [1.29, 1.82) is 0 Å². The Hall–Kier alpha value is -3.36. The van der Waals surface area contributed by atoms with Gasteiger partial charge < -0.3 is 23.9 Å². The van der Waals surface area contributed by atoms with Gasteiger partial charge in [-0.25, -0.2) is 4.98 Å². The summed E-state index contributed by atoms with van der Waals surface area (Å²) in [5.41, 5.74) is 2.23. The van der Waals surface area contributed by atoms with E-state index in [9.17, 15) is 4.79 Å². The van der Waals surface area contributed by atoms with E-state index in [1.165, 1.54) is 12.5 Å². The number of hydrogen-bond acceptors (Lipinski definition) is 5. The van der Waals surface area contributed by atoms with Crippen LogP contribution >= 0.6 is 0 Å². The van der Waals surface area contributed by atoms with Crippen molar-refractivity contribution in [1.82, 2.24) is 15.3 Å². The summed E-state index contributed by atoms with van der Waals surface area (Å²) in [4.78, 5) is 19.6. The number of para-hydroxylation sites is 1. The number of nitrogens with one attached hydrogen (secondary N) is 2. The Balaban J connectivity index is 1.44. The van der Waals surface area contributed by atoms with Gasteiger partial charge in [0.15, 0.2) is 8.32 Å². The number of aromatic amines is 1. The molecule has 196 valence electrons. The average molecular weight is 520 g/mol. The molecule has 0 bridgehead atoms. The van der Waals surface area contributed by atoms with Crippen LogP contribution in [0.4, 0.5) is 0 Å². The van der Waals surface area contributed by atoms with E-state index >= 15 is 0 Å². The maximum atomic E-state index is 12.8. The predicted octanol–water partition coefficient (Wildman–Crippen LogP) is 6.80. The Morgan fingerprint density at radius 2 is 1.92 bits per heavy atom. The molecule has 0 aliphatic heterocycles. The number of imidazole rings is 1. The Morgan fingerprint density at radius 1 is 1.14 bits per heavy atom. The Morgan fingerprint density at radius 3 is 2.62 bits per heavy atom. The molecule has 0 aliphatic rings. The van der Waals surface area contributed by atoms with Crippen LogP contribution in [0.1, 0.15) is 44.6 Å². The summed E-state index contributed by atoms with van der Waals surface area (Å²) in [5.74, 6) is 1.34. The highest BCUT2D eigenvalue weighted by molar-refractivity contribution is 6.74. The normalized spacial score (nSPS) is 13.9. The van der Waals surface area contributed by atoms with Crippen LogP contribution in [-0.4, -0.2) is 42.9 Å². The highest BCUT2D eigenvalue weighted by Crippen LogP contribution is 2.37. The van der Waals surface area contributed by atoms with E-state index in [-0.39, 0.29) is 23.1 Å². The minimum atomic E-state index is -2.03. The molecule has 8 heteroatoms. The van der Waals surface area contributed by atoms with Crippen molar-refractivity contribution in [3.8, 4) is 17.1 Å². The molecule has 2 aromatic carbocycles. The van der Waals surface area contributed by atoms with Gasteiger partial charge in [0.1, 0.15) is 22.8 Å². The van der Waals surface area contributed by atoms with Crippen LogP contribution in [0.3, 0.4) is 0 Å². The third-order valence-corrected chi connectivity index (χ3v) is 11.7. The largest absolute Gasteiger partial charge is 0.493 e. The standard InChI is InChI=1S/C29H37N3O4Si/c1-20(36-37(5,6)29(2,3)4)24(32-28(33)25-18-30-19-31-25)14-15-34-23-12-9-11-21(16-23)27-17-22-10-7-8-13-26(22)35-27/h7-13,16-20,24H,14-15H2,1-6H3,(H,30,31)(H,32,33)/t20-,24+/m0/s1. The molecule has 0 fully saturated rings. The van der Waals surface area contributed by atoms with Gasteiger partial charge in [0.2, 0.25) is 0 Å². The van der Waals surface area contributed by atoms with Crippen molar-refractivity contribution >= 4 is 25.2 Å². The molecule has 2 atom stereocenters. The fourth-order valence-corrected chi connectivity index (χ4v) is 5.39. The summed E-state index contributed by atoms with van der Waals surface area (Å²) < 4.78 is 18.8. The van der Waals surface area contributed by atoms with E-state index in [0.717, 1.165) is 28.0 Å². The summed E-state index contributed by atoms with van der Waals surface area (Å²) in [6, 6.07) is 17.6. The summed E-state index contributed by atoms with van der Waals surface area (Å²) in [5, 5.41) is 4.25. The first kappa shape index (κ1) is 26.7. The van der Waals surface area contributed by atoms with Crippen molar-refractivity contribution in [3.05, 3.63) is 72.8 Å². The summed E-state index contributed by atoms with van der Waals surface area (Å²) in [6.07, 6.45) is 3.42. The van der Waals surface area contributed by atoms with Gasteiger partial charge in [0.05, 0.1) is 31.3 Å². The van der Waals surface area contributed by atoms with Crippen molar-refractivity contribution in [2.75, 3.05) is 6.61 Å². The molecule has 2 aromatic heterocycles. The lowest BCUT2D eigenvalue weighted by atomic mass is 10.1. The van der Waals surface area contributed by atoms with Gasteiger partial charge >= 0.3 is 0 Å². The number of nitrogens with zero attached hydrogens (tertiary/aromatic N) is 1. The number of carbonyl (C=O) groups excluding carboxylic acids is 1. The summed E-state index contributed by atoms with van der Waals surface area (Å²) in [6.45, 7) is 13.5. The average Bonchev–Trinajstić information content (AvgIpc) is 3.53. The lowest BCUT2D eigenvalue weighted by Gasteiger charge is -2.40. The Bertz CT molecular complexity index is 1290. The molecule has 0 saturated heterocycles. The third kappa shape index (κ3) is 6.50. The fourth-order valence-electron chi connectivity index (χ4n) is 3.94. The number of ether oxygens (including phenoxy) is 1. The molecule has 0 spiro atoms. The van der Waals surface area contributed by atoms with Crippen molar-refractivity contribution < 1.29 is 18.4 Å². The molecule has 4 rings (SSSR count). The van der Waals surface area contributed by atoms with Crippen LogP contribution in [0, 0.1) is 0 Å². The van der Waals surface area contributed by atoms with Gasteiger partial charge in [0, 0.05) is 17.4 Å². The SMILES string of the molecule is C[C@H](O[Si](C)(C)C(C)(C)C)[C@@H](CCOc1cccc(-c2cc3ccccc3o2)c1)NC(=O)c1cnc[nH]1. The topological polar surface area (TPSA) is 89.4 Å². The van der Waals surface area contributed by atoms with Gasteiger partial charge in [-0.15, -0.1) is 0 Å². The molecule has 2 heterocycles. The number of furan rings is 1. The van der Waals surface area contributed by atoms with Crippen LogP contribution in [-0.2, 0) is 4.43 Å². The maximum Gasteiger partial charge on any atom is 0.269 e. The lowest BCUT2D eigenvalue weighted by molar-refractivity contribution is 0.0842. The monoisotopic (exact) mass is 519 g/mol. The van der Waals surface area contributed by atoms with Crippen molar-refractivity contribution in [3.63, 3.8) is 0 Å². The molecule has 0 radical (unpaired) electrons. The maximum absolute atomic E-state index is 12.8. The molecular weight excluding hydrogens is 482 g/mol. The highest BCUT2D eigenvalue weighted by atomic mass is 28.4. The second-order valence-corrected chi connectivity index (χ2v) is 15.7. The van der Waals surface area contributed by atoms with Crippen LogP contribution in [0.15, 0.2) is 71.5 Å². The van der Waals surface area contributed by atoms with E-state index in [1.54, 1.807) is 0 Å². The molecule has 4 aromatic rings. The van der Waals surface area contributed by atoms with Crippen molar-refractivity contribution in [2.45, 2.75) is 64.4 Å². The second kappa shape index (κ2) is 10.9. The number of H-pyrrole nitrogens is 1. The van der Waals surface area contributed by atoms with Gasteiger partial charge in [0.25, 0.3) is 5.91 Å². The molecule has 0 aliphatic carbocycles. The van der Waals surface area contributed by atoms with Crippen molar-refractivity contribution in [2.24, 2.45) is 0 Å². The molecular formula is C29H37N3O4Si. The Labute approximate surface area is 219 Å². The molecule has 7 nitrogen and oxygen atoms in total. The zero-order valence-electron chi connectivity index (χ0n) is 22.5. The predicted molar refractivity (Wildman–Crippen MR) is 149 cm³/mol. The number of amides is 1. The fraction of sp³-hybridized carbons (Fsp3) is 0.379. The van der Waals surface area contributed by atoms with E-state index in [0.29, 0.717) is 18.7 Å². The first-order chi connectivity index (χ1) is 17.5. The quantitative estimate of drug-likeness (QED) is 0.225. The smallest absolute Gasteiger partial charge is 0.269 e. The third-order valence-electron chi connectivity index (χ3n) is 7.15. The molecule has 0 saturated carbocycles. The minimum absolute atomic E-state index is 0.0623. The second-order valence-electron chi connectivity index (χ2n) is 10.9. The molecule has 37 heavy (non-hydrogen) atoms. The number of benzene rings is 2.